The summed E-state index contributed by atoms with van der Waals surface area (Å²) < 4.78 is 12.7. The molecule has 6 rings (SSSR count). The topological polar surface area (TPSA) is 101 Å². The van der Waals surface area contributed by atoms with Gasteiger partial charge in [0.1, 0.15) is 7.14 Å². The molecule has 2 heterocycles. The van der Waals surface area contributed by atoms with Crippen molar-refractivity contribution in [2.75, 3.05) is 29.7 Å². The minimum atomic E-state index is -2.51. The minimum absolute atomic E-state index is 0.0740. The van der Waals surface area contributed by atoms with Gasteiger partial charge in [-0.1, -0.05) is 54.6 Å². The summed E-state index contributed by atoms with van der Waals surface area (Å²) in [5, 5.41) is 11.3. The molecule has 4 aromatic carbocycles. The Morgan fingerprint density at radius 3 is 1.56 bits per heavy atom. The van der Waals surface area contributed by atoms with Gasteiger partial charge in [0.25, 0.3) is 0 Å². The number of fused-ring (bicyclic) bond motifs is 2. The van der Waals surface area contributed by atoms with Gasteiger partial charge in [0.05, 0.1) is 34.8 Å². The Morgan fingerprint density at radius 1 is 0.667 bits per heavy atom. The number of piperazine rings is 1. The molecule has 45 heavy (non-hydrogen) atoms. The van der Waals surface area contributed by atoms with Crippen molar-refractivity contribution in [3.8, 4) is 0 Å². The van der Waals surface area contributed by atoms with E-state index in [1.54, 1.807) is 47.4 Å². The highest BCUT2D eigenvalue weighted by molar-refractivity contribution is 7.70. The predicted molar refractivity (Wildman–Crippen MR) is 177 cm³/mol. The molecule has 2 aliphatic rings. The van der Waals surface area contributed by atoms with E-state index in [9.17, 15) is 24.1 Å². The van der Waals surface area contributed by atoms with Crippen LogP contribution in [0.25, 0.3) is 0 Å². The summed E-state index contributed by atoms with van der Waals surface area (Å²) in [5.41, 5.74) is 2.43. The van der Waals surface area contributed by atoms with Crippen LogP contribution in [0, 0.1) is 0 Å². The number of urea groups is 2. The normalized spacial score (nSPS) is 19.2. The summed E-state index contributed by atoms with van der Waals surface area (Å²) in [4.78, 5) is 48.0. The zero-order chi connectivity index (χ0) is 31.7. The number of likely N-dealkylation sites (tertiary alicyclic amines) is 1. The van der Waals surface area contributed by atoms with Crippen LogP contribution in [0.1, 0.15) is 12.8 Å². The number of carbonyl (C=O) groups is 3. The fraction of sp³-hybridized carbons (Fsp3) is 0.229. The zero-order valence-electron chi connectivity index (χ0n) is 25.1. The molecular weight excluding hydrogens is 587 g/mol. The number of amides is 4. The maximum absolute atomic E-state index is 14.6. The van der Waals surface area contributed by atoms with E-state index in [0.29, 0.717) is 40.9 Å². The van der Waals surface area contributed by atoms with Crippen LogP contribution in [0.4, 0.5) is 32.3 Å². The van der Waals surface area contributed by atoms with Crippen molar-refractivity contribution in [1.82, 2.24) is 9.80 Å². The third kappa shape index (κ3) is 5.83. The summed E-state index contributed by atoms with van der Waals surface area (Å²) in [7, 11) is -2.51. The number of hydrogen-bond acceptors (Lipinski definition) is 4. The molecule has 10 heteroatoms. The van der Waals surface area contributed by atoms with Gasteiger partial charge in [-0.2, -0.15) is 0 Å². The lowest BCUT2D eigenvalue weighted by molar-refractivity contribution is -0.145. The van der Waals surface area contributed by atoms with Crippen LogP contribution in [-0.4, -0.2) is 70.9 Å². The molecule has 0 saturated carbocycles. The lowest BCUT2D eigenvalue weighted by Crippen LogP contribution is -2.67. The zero-order valence-corrected chi connectivity index (χ0v) is 26.0. The molecule has 4 aromatic rings. The molecule has 9 nitrogen and oxygen atoms in total. The first kappa shape index (κ1) is 30.2. The number of rotatable bonds is 6. The van der Waals surface area contributed by atoms with Crippen molar-refractivity contribution < 1.29 is 24.1 Å². The monoisotopic (exact) mass is 622 g/mol. The summed E-state index contributed by atoms with van der Waals surface area (Å²) in [6.45, 7) is 3.47. The Morgan fingerprint density at radius 2 is 1.11 bits per heavy atom. The van der Waals surface area contributed by atoms with E-state index in [0.717, 1.165) is 0 Å². The molecular formula is C35H35N4O5P. The Bertz CT molecular complexity index is 1690. The highest BCUT2D eigenvalue weighted by Crippen LogP contribution is 2.40. The molecule has 0 aromatic heterocycles. The SMILES string of the molecule is CP(C)(=O)c1ccc(N(C(=O)N2[C@H]3CC[C@@H]2[C@@H](C(=O)O)N(C(=O)N(c2ccccc2)c2ccccc2)C3)c2ccccc2)cc1. The van der Waals surface area contributed by atoms with Gasteiger partial charge in [0.2, 0.25) is 0 Å². The standard InChI is InChI=1S/C35H35N4O5P/c1-45(2,44)30-21-18-28(19-22-30)38(27-16-10-5-11-17-27)35(43)39-29-20-23-31(39)32(33(40)41)36(24-29)34(42)37(25-12-6-3-7-13-25)26-14-8-4-9-15-26/h3-19,21-22,29,31-32H,20,23-24H2,1-2H3,(H,40,41)/t29-,31+,32-/m0/s1. The molecule has 0 unspecified atom stereocenters. The van der Waals surface area contributed by atoms with E-state index in [1.165, 1.54) is 9.80 Å². The van der Waals surface area contributed by atoms with Crippen LogP contribution in [0.5, 0.6) is 0 Å². The Hall–Kier alpha value is -4.88. The fourth-order valence-corrected chi connectivity index (χ4v) is 7.29. The fourth-order valence-electron chi connectivity index (χ4n) is 6.42. The van der Waals surface area contributed by atoms with Crippen LogP contribution in [0.15, 0.2) is 115 Å². The van der Waals surface area contributed by atoms with E-state index in [1.807, 2.05) is 91.0 Å². The number of hydrogen-bond donors (Lipinski definition) is 1. The van der Waals surface area contributed by atoms with Gasteiger partial charge in [-0.15, -0.1) is 0 Å². The maximum Gasteiger partial charge on any atom is 0.329 e. The van der Waals surface area contributed by atoms with E-state index >= 15 is 0 Å². The smallest absolute Gasteiger partial charge is 0.329 e. The maximum atomic E-state index is 14.6. The second kappa shape index (κ2) is 12.3. The number of carboxylic acids is 1. The summed E-state index contributed by atoms with van der Waals surface area (Å²) in [6, 6.07) is 31.4. The first-order chi connectivity index (χ1) is 21.6. The van der Waals surface area contributed by atoms with Gasteiger partial charge in [-0.25, -0.2) is 14.4 Å². The van der Waals surface area contributed by atoms with Crippen molar-refractivity contribution in [3.63, 3.8) is 0 Å². The average molecular weight is 623 g/mol. The van der Waals surface area contributed by atoms with E-state index < -0.39 is 31.2 Å². The van der Waals surface area contributed by atoms with Gasteiger partial charge in [0.15, 0.2) is 6.04 Å². The Balaban J connectivity index is 1.36. The lowest BCUT2D eigenvalue weighted by Gasteiger charge is -2.47. The molecule has 4 amide bonds. The number of carbonyl (C=O) groups excluding carboxylic acids is 2. The van der Waals surface area contributed by atoms with E-state index in [4.69, 9.17) is 0 Å². The van der Waals surface area contributed by atoms with Crippen molar-refractivity contribution in [2.24, 2.45) is 0 Å². The van der Waals surface area contributed by atoms with Crippen molar-refractivity contribution >= 4 is 53.2 Å². The van der Waals surface area contributed by atoms with Gasteiger partial charge < -0.3 is 19.5 Å². The third-order valence-electron chi connectivity index (χ3n) is 8.53. The third-order valence-corrected chi connectivity index (χ3v) is 10.1. The summed E-state index contributed by atoms with van der Waals surface area (Å²) in [5.74, 6) is -1.16. The molecule has 2 aliphatic heterocycles. The highest BCUT2D eigenvalue weighted by Gasteiger charge is 2.54. The highest BCUT2D eigenvalue weighted by atomic mass is 31.2. The number of aliphatic carboxylic acids is 1. The largest absolute Gasteiger partial charge is 0.480 e. The van der Waals surface area contributed by atoms with Gasteiger partial charge in [-0.3, -0.25) is 9.80 Å². The molecule has 1 N–H and O–H groups in total. The minimum Gasteiger partial charge on any atom is -0.480 e. The molecule has 3 atom stereocenters. The quantitative estimate of drug-likeness (QED) is 0.240. The first-order valence-corrected chi connectivity index (χ1v) is 17.5. The van der Waals surface area contributed by atoms with Crippen LogP contribution >= 0.6 is 7.14 Å². The number of carboxylic acid groups (broad SMARTS) is 1. The Kier molecular flexibility index (Phi) is 8.21. The molecule has 2 bridgehead atoms. The lowest BCUT2D eigenvalue weighted by atomic mass is 10.0. The van der Waals surface area contributed by atoms with Gasteiger partial charge in [0, 0.05) is 11.8 Å². The van der Waals surface area contributed by atoms with E-state index in [-0.39, 0.29) is 18.6 Å². The number of nitrogens with zero attached hydrogens (tertiary/aromatic N) is 4. The average Bonchev–Trinajstić information content (AvgIpc) is 3.34. The number of benzene rings is 4. The summed E-state index contributed by atoms with van der Waals surface area (Å²) in [6.07, 6.45) is 1.02. The van der Waals surface area contributed by atoms with Crippen LogP contribution in [-0.2, 0) is 9.36 Å². The Labute approximate surface area is 262 Å². The van der Waals surface area contributed by atoms with Gasteiger partial charge in [-0.05, 0) is 86.8 Å². The molecule has 0 aliphatic carbocycles. The second-order valence-electron chi connectivity index (χ2n) is 11.8. The van der Waals surface area contributed by atoms with Crippen LogP contribution in [0.2, 0.25) is 0 Å². The van der Waals surface area contributed by atoms with Crippen LogP contribution in [0.3, 0.4) is 0 Å². The van der Waals surface area contributed by atoms with Gasteiger partial charge >= 0.3 is 18.0 Å². The molecule has 0 spiro atoms. The second-order valence-corrected chi connectivity index (χ2v) is 15.0. The first-order valence-electron chi connectivity index (χ1n) is 14.9. The molecule has 2 saturated heterocycles. The van der Waals surface area contributed by atoms with Crippen molar-refractivity contribution in [1.29, 1.82) is 0 Å². The number of anilines is 4. The molecule has 0 radical (unpaired) electrons. The number of para-hydroxylation sites is 3. The van der Waals surface area contributed by atoms with Crippen LogP contribution < -0.4 is 15.1 Å². The van der Waals surface area contributed by atoms with E-state index in [2.05, 4.69) is 0 Å². The summed E-state index contributed by atoms with van der Waals surface area (Å²) >= 11 is 0. The molecule has 2 fully saturated rings. The predicted octanol–water partition coefficient (Wildman–Crippen LogP) is 6.75. The van der Waals surface area contributed by atoms with Crippen molar-refractivity contribution in [3.05, 3.63) is 115 Å². The van der Waals surface area contributed by atoms with Crippen molar-refractivity contribution in [2.45, 2.75) is 31.0 Å². The molecule has 230 valence electrons.